The van der Waals surface area contributed by atoms with Gasteiger partial charge in [0.25, 0.3) is 0 Å². The third-order valence-electron chi connectivity index (χ3n) is 3.46. The molecule has 0 radical (unpaired) electrons. The summed E-state index contributed by atoms with van der Waals surface area (Å²) in [5.74, 6) is -1.01. The minimum Gasteiger partial charge on any atom is -0.481 e. The summed E-state index contributed by atoms with van der Waals surface area (Å²) < 4.78 is 0. The molecule has 1 fully saturated rings. The molecular formula is C13H23NO4. The number of hydrogen-bond acceptors (Lipinski definition) is 3. The highest BCUT2D eigenvalue weighted by Crippen LogP contribution is 2.22. The van der Waals surface area contributed by atoms with Crippen molar-refractivity contribution in [1.82, 2.24) is 4.90 Å². The number of nitrogens with zero attached hydrogens (tertiary/aromatic N) is 1. The molecule has 0 aromatic rings. The van der Waals surface area contributed by atoms with E-state index in [1.54, 1.807) is 18.7 Å². The summed E-state index contributed by atoms with van der Waals surface area (Å²) in [7, 11) is 0. The average molecular weight is 257 g/mol. The molecule has 1 heterocycles. The Bertz CT molecular complexity index is 314. The highest BCUT2D eigenvalue weighted by molar-refractivity contribution is 5.77. The van der Waals surface area contributed by atoms with Crippen LogP contribution >= 0.6 is 0 Å². The maximum atomic E-state index is 12.0. The van der Waals surface area contributed by atoms with Crippen LogP contribution in [0.1, 0.15) is 46.0 Å². The quantitative estimate of drug-likeness (QED) is 0.794. The maximum Gasteiger partial charge on any atom is 0.303 e. The molecule has 18 heavy (non-hydrogen) atoms. The van der Waals surface area contributed by atoms with Crippen LogP contribution in [0.3, 0.4) is 0 Å². The lowest BCUT2D eigenvalue weighted by Crippen LogP contribution is -2.34. The lowest BCUT2D eigenvalue weighted by Gasteiger charge is -2.23. The molecule has 5 heteroatoms. The first-order chi connectivity index (χ1) is 8.30. The molecule has 104 valence electrons. The molecule has 2 unspecified atom stereocenters. The van der Waals surface area contributed by atoms with E-state index in [0.717, 1.165) is 6.42 Å². The highest BCUT2D eigenvalue weighted by Gasteiger charge is 2.27. The summed E-state index contributed by atoms with van der Waals surface area (Å²) in [6.07, 6.45) is 2.39. The van der Waals surface area contributed by atoms with Crippen LogP contribution < -0.4 is 0 Å². The Morgan fingerprint density at radius 3 is 2.56 bits per heavy atom. The van der Waals surface area contributed by atoms with Crippen molar-refractivity contribution in [2.75, 3.05) is 13.1 Å². The van der Waals surface area contributed by atoms with E-state index in [1.807, 2.05) is 0 Å². The first-order valence-corrected chi connectivity index (χ1v) is 6.52. The number of likely N-dealkylation sites (tertiary alicyclic amines) is 1. The van der Waals surface area contributed by atoms with Crippen molar-refractivity contribution in [2.45, 2.75) is 51.6 Å². The molecule has 2 atom stereocenters. The minimum atomic E-state index is -0.867. The monoisotopic (exact) mass is 257 g/mol. The summed E-state index contributed by atoms with van der Waals surface area (Å²) in [6.45, 7) is 4.80. The van der Waals surface area contributed by atoms with Crippen LogP contribution in [0.15, 0.2) is 0 Å². The van der Waals surface area contributed by atoms with Crippen molar-refractivity contribution in [3.05, 3.63) is 0 Å². The van der Waals surface area contributed by atoms with Gasteiger partial charge in [0.05, 0.1) is 5.60 Å². The van der Waals surface area contributed by atoms with Crippen LogP contribution in [0.5, 0.6) is 0 Å². The topological polar surface area (TPSA) is 77.8 Å². The van der Waals surface area contributed by atoms with Gasteiger partial charge in [-0.25, -0.2) is 0 Å². The van der Waals surface area contributed by atoms with Crippen molar-refractivity contribution in [3.8, 4) is 0 Å². The molecule has 1 aliphatic heterocycles. The lowest BCUT2D eigenvalue weighted by atomic mass is 9.98. The fourth-order valence-electron chi connectivity index (χ4n) is 2.31. The molecular weight excluding hydrogens is 234 g/mol. The molecule has 1 amide bonds. The normalized spacial score (nSPS) is 26.5. The molecule has 0 aromatic carbocycles. The van der Waals surface area contributed by atoms with Gasteiger partial charge in [-0.3, -0.25) is 9.59 Å². The minimum absolute atomic E-state index is 0.00134. The van der Waals surface area contributed by atoms with Gasteiger partial charge in [0, 0.05) is 25.9 Å². The summed E-state index contributed by atoms with van der Waals surface area (Å²) in [6, 6.07) is 0. The van der Waals surface area contributed by atoms with E-state index < -0.39 is 11.6 Å². The van der Waals surface area contributed by atoms with Gasteiger partial charge in [0.15, 0.2) is 0 Å². The Kier molecular flexibility index (Phi) is 5.14. The zero-order valence-electron chi connectivity index (χ0n) is 11.2. The fourth-order valence-corrected chi connectivity index (χ4v) is 2.31. The number of rotatable bonds is 4. The van der Waals surface area contributed by atoms with Crippen LogP contribution in [-0.2, 0) is 9.59 Å². The summed E-state index contributed by atoms with van der Waals surface area (Å²) in [5, 5.41) is 18.6. The Morgan fingerprint density at radius 1 is 1.28 bits per heavy atom. The van der Waals surface area contributed by atoms with Crippen LogP contribution in [0.4, 0.5) is 0 Å². The second-order valence-electron chi connectivity index (χ2n) is 5.64. The smallest absolute Gasteiger partial charge is 0.303 e. The van der Waals surface area contributed by atoms with Gasteiger partial charge in [-0.15, -0.1) is 0 Å². The predicted octanol–water partition coefficient (Wildman–Crippen LogP) is 1.25. The summed E-state index contributed by atoms with van der Waals surface area (Å²) in [5.41, 5.74) is -0.679. The Morgan fingerprint density at radius 2 is 1.94 bits per heavy atom. The van der Waals surface area contributed by atoms with Crippen molar-refractivity contribution < 1.29 is 19.8 Å². The van der Waals surface area contributed by atoms with Gasteiger partial charge in [-0.1, -0.05) is 6.92 Å². The van der Waals surface area contributed by atoms with E-state index in [4.69, 9.17) is 5.11 Å². The third kappa shape index (κ3) is 5.04. The predicted molar refractivity (Wildman–Crippen MR) is 67.1 cm³/mol. The zero-order valence-corrected chi connectivity index (χ0v) is 11.2. The van der Waals surface area contributed by atoms with Gasteiger partial charge in [0.2, 0.25) is 5.91 Å². The Hall–Kier alpha value is -1.10. The van der Waals surface area contributed by atoms with E-state index in [-0.39, 0.29) is 24.7 Å². The van der Waals surface area contributed by atoms with Gasteiger partial charge in [-0.2, -0.15) is 0 Å². The van der Waals surface area contributed by atoms with Gasteiger partial charge in [-0.05, 0) is 32.1 Å². The Balaban J connectivity index is 2.44. The number of hydrogen-bond donors (Lipinski definition) is 2. The van der Waals surface area contributed by atoms with Crippen molar-refractivity contribution in [2.24, 2.45) is 5.92 Å². The molecule has 2 N–H and O–H groups in total. The second kappa shape index (κ2) is 6.18. The largest absolute Gasteiger partial charge is 0.481 e. The third-order valence-corrected chi connectivity index (χ3v) is 3.46. The van der Waals surface area contributed by atoms with Gasteiger partial charge >= 0.3 is 5.97 Å². The SMILES string of the molecule is CC(CC(=O)O)CC(=O)N1CCCC(C)(O)CC1. The van der Waals surface area contributed by atoms with Crippen molar-refractivity contribution >= 4 is 11.9 Å². The van der Waals surface area contributed by atoms with Crippen LogP contribution in [0.2, 0.25) is 0 Å². The standard InChI is InChI=1S/C13H23NO4/c1-10(9-12(16)17)8-11(15)14-6-3-4-13(2,18)5-7-14/h10,18H,3-9H2,1-2H3,(H,16,17). The molecule has 0 spiro atoms. The molecule has 0 aliphatic carbocycles. The molecule has 1 aliphatic rings. The number of aliphatic carboxylic acids is 1. The first kappa shape index (κ1) is 15.0. The van der Waals surface area contributed by atoms with Gasteiger partial charge < -0.3 is 15.1 Å². The van der Waals surface area contributed by atoms with E-state index in [9.17, 15) is 14.7 Å². The zero-order chi connectivity index (χ0) is 13.8. The number of carbonyl (C=O) groups is 2. The Labute approximate surface area is 108 Å². The lowest BCUT2D eigenvalue weighted by molar-refractivity contribution is -0.138. The van der Waals surface area contributed by atoms with E-state index in [0.29, 0.717) is 25.9 Å². The summed E-state index contributed by atoms with van der Waals surface area (Å²) >= 11 is 0. The number of carbonyl (C=O) groups excluding carboxylic acids is 1. The van der Waals surface area contributed by atoms with E-state index in [1.165, 1.54) is 0 Å². The number of carboxylic acid groups (broad SMARTS) is 1. The maximum absolute atomic E-state index is 12.0. The van der Waals surface area contributed by atoms with Gasteiger partial charge in [0.1, 0.15) is 0 Å². The highest BCUT2D eigenvalue weighted by atomic mass is 16.4. The van der Waals surface area contributed by atoms with Crippen molar-refractivity contribution in [1.29, 1.82) is 0 Å². The van der Waals surface area contributed by atoms with Crippen molar-refractivity contribution in [3.63, 3.8) is 0 Å². The van der Waals surface area contributed by atoms with Crippen LogP contribution in [-0.4, -0.2) is 45.7 Å². The number of carboxylic acids is 1. The number of aliphatic hydroxyl groups is 1. The second-order valence-corrected chi connectivity index (χ2v) is 5.64. The molecule has 0 bridgehead atoms. The van der Waals surface area contributed by atoms with Crippen LogP contribution in [0, 0.1) is 5.92 Å². The number of amides is 1. The molecule has 1 saturated heterocycles. The van der Waals surface area contributed by atoms with E-state index >= 15 is 0 Å². The molecule has 1 rings (SSSR count). The average Bonchev–Trinajstić information content (AvgIpc) is 2.37. The van der Waals surface area contributed by atoms with E-state index in [2.05, 4.69) is 0 Å². The van der Waals surface area contributed by atoms with Crippen LogP contribution in [0.25, 0.3) is 0 Å². The molecule has 5 nitrogen and oxygen atoms in total. The summed E-state index contributed by atoms with van der Waals surface area (Å²) in [4.78, 5) is 24.3. The first-order valence-electron chi connectivity index (χ1n) is 6.52. The molecule has 0 aromatic heterocycles. The molecule has 0 saturated carbocycles. The fraction of sp³-hybridized carbons (Fsp3) is 0.846.